The second kappa shape index (κ2) is 10.6. The number of carbonyl (C=O) groups is 3. The zero-order valence-corrected chi connectivity index (χ0v) is 17.9. The number of rotatable bonds is 7. The number of nitrogens with zero attached hydrogens (tertiary/aromatic N) is 1. The smallest absolute Gasteiger partial charge is 0.308 e. The number of hydrogen-bond acceptors (Lipinski definition) is 5. The van der Waals surface area contributed by atoms with Gasteiger partial charge in [-0.3, -0.25) is 14.4 Å². The molecular formula is C24H28N2O5. The number of benzene rings is 2. The second-order valence-electron chi connectivity index (χ2n) is 7.52. The van der Waals surface area contributed by atoms with E-state index in [-0.39, 0.29) is 11.8 Å². The first-order chi connectivity index (χ1) is 15.0. The van der Waals surface area contributed by atoms with E-state index in [4.69, 9.17) is 9.47 Å². The van der Waals surface area contributed by atoms with E-state index in [0.29, 0.717) is 49.0 Å². The summed E-state index contributed by atoms with van der Waals surface area (Å²) in [6.07, 6.45) is 1.66. The first-order valence-electron chi connectivity index (χ1n) is 10.5. The molecule has 0 radical (unpaired) electrons. The lowest BCUT2D eigenvalue weighted by molar-refractivity contribution is -0.131. The van der Waals surface area contributed by atoms with Crippen molar-refractivity contribution in [3.63, 3.8) is 0 Å². The van der Waals surface area contributed by atoms with Crippen molar-refractivity contribution in [3.8, 4) is 11.5 Å². The minimum absolute atomic E-state index is 0.0211. The highest BCUT2D eigenvalue weighted by molar-refractivity contribution is 5.95. The van der Waals surface area contributed by atoms with Gasteiger partial charge in [-0.2, -0.15) is 0 Å². The summed E-state index contributed by atoms with van der Waals surface area (Å²) in [4.78, 5) is 38.1. The van der Waals surface area contributed by atoms with Crippen LogP contribution in [0.3, 0.4) is 0 Å². The van der Waals surface area contributed by atoms with Gasteiger partial charge in [0.05, 0.1) is 6.61 Å². The number of likely N-dealkylation sites (tertiary alicyclic amines) is 1. The van der Waals surface area contributed by atoms with Crippen molar-refractivity contribution in [1.29, 1.82) is 0 Å². The van der Waals surface area contributed by atoms with Gasteiger partial charge in [-0.15, -0.1) is 0 Å². The molecule has 0 unspecified atom stereocenters. The lowest BCUT2D eigenvalue weighted by Gasteiger charge is -2.32. The molecule has 2 aromatic rings. The van der Waals surface area contributed by atoms with Crippen LogP contribution in [0.4, 0.5) is 0 Å². The Hall–Kier alpha value is -3.35. The molecule has 1 fully saturated rings. The molecule has 2 amide bonds. The Morgan fingerprint density at radius 3 is 2.35 bits per heavy atom. The zero-order chi connectivity index (χ0) is 22.2. The van der Waals surface area contributed by atoms with E-state index in [2.05, 4.69) is 5.32 Å². The molecule has 0 aliphatic carbocycles. The zero-order valence-electron chi connectivity index (χ0n) is 17.9. The molecule has 0 saturated carbocycles. The first kappa shape index (κ1) is 22.3. The summed E-state index contributed by atoms with van der Waals surface area (Å²) < 4.78 is 10.4. The summed E-state index contributed by atoms with van der Waals surface area (Å²) in [6.45, 7) is 5.70. The van der Waals surface area contributed by atoms with E-state index in [0.717, 1.165) is 18.6 Å². The monoisotopic (exact) mass is 424 g/mol. The predicted molar refractivity (Wildman–Crippen MR) is 116 cm³/mol. The highest BCUT2D eigenvalue weighted by atomic mass is 16.5. The number of carbonyl (C=O) groups excluding carboxylic acids is 3. The number of esters is 1. The standard InChI is InChI=1S/C24H28N2O5/c1-3-30-21-9-7-19(8-10-21)24(29)26-13-11-18(12-14-26)16-25-23(28)20-5-4-6-22(15-20)31-17(2)27/h4-10,15,18H,3,11-14,16H2,1-2H3,(H,25,28). The molecule has 3 rings (SSSR count). The van der Waals surface area contributed by atoms with Crippen LogP contribution < -0.4 is 14.8 Å². The van der Waals surface area contributed by atoms with Crippen LogP contribution in [0.2, 0.25) is 0 Å². The van der Waals surface area contributed by atoms with Gasteiger partial charge in [0.2, 0.25) is 0 Å². The summed E-state index contributed by atoms with van der Waals surface area (Å²) in [6, 6.07) is 13.8. The van der Waals surface area contributed by atoms with Gasteiger partial charge in [-0.1, -0.05) is 6.07 Å². The van der Waals surface area contributed by atoms with Crippen LogP contribution in [0.5, 0.6) is 11.5 Å². The fraction of sp³-hybridized carbons (Fsp3) is 0.375. The molecule has 1 N–H and O–H groups in total. The number of amides is 2. The van der Waals surface area contributed by atoms with E-state index in [9.17, 15) is 14.4 Å². The lowest BCUT2D eigenvalue weighted by Crippen LogP contribution is -2.41. The molecule has 7 nitrogen and oxygen atoms in total. The summed E-state index contributed by atoms with van der Waals surface area (Å²) >= 11 is 0. The van der Waals surface area contributed by atoms with Crippen molar-refractivity contribution >= 4 is 17.8 Å². The minimum atomic E-state index is -0.427. The fourth-order valence-electron chi connectivity index (χ4n) is 3.59. The van der Waals surface area contributed by atoms with Crippen molar-refractivity contribution < 1.29 is 23.9 Å². The van der Waals surface area contributed by atoms with Gasteiger partial charge < -0.3 is 19.7 Å². The van der Waals surface area contributed by atoms with Crippen LogP contribution in [0.1, 0.15) is 47.4 Å². The largest absolute Gasteiger partial charge is 0.494 e. The normalized spacial score (nSPS) is 14.1. The van der Waals surface area contributed by atoms with E-state index >= 15 is 0 Å². The molecule has 31 heavy (non-hydrogen) atoms. The summed E-state index contributed by atoms with van der Waals surface area (Å²) in [5, 5.41) is 2.95. The van der Waals surface area contributed by atoms with Gasteiger partial charge in [0.25, 0.3) is 11.8 Å². The molecular weight excluding hydrogens is 396 g/mol. The first-order valence-corrected chi connectivity index (χ1v) is 10.5. The number of nitrogens with one attached hydrogen (secondary N) is 1. The molecule has 1 aliphatic rings. The van der Waals surface area contributed by atoms with Gasteiger partial charge in [0, 0.05) is 37.7 Å². The summed E-state index contributed by atoms with van der Waals surface area (Å²) in [5.41, 5.74) is 1.10. The van der Waals surface area contributed by atoms with Crippen molar-refractivity contribution in [2.45, 2.75) is 26.7 Å². The average molecular weight is 424 g/mol. The third kappa shape index (κ3) is 6.31. The molecule has 164 valence electrons. The quantitative estimate of drug-likeness (QED) is 0.545. The Morgan fingerprint density at radius 2 is 1.71 bits per heavy atom. The maximum Gasteiger partial charge on any atom is 0.308 e. The van der Waals surface area contributed by atoms with Gasteiger partial charge >= 0.3 is 5.97 Å². The molecule has 0 spiro atoms. The highest BCUT2D eigenvalue weighted by Gasteiger charge is 2.24. The van der Waals surface area contributed by atoms with E-state index in [1.807, 2.05) is 24.0 Å². The van der Waals surface area contributed by atoms with Crippen LogP contribution >= 0.6 is 0 Å². The Labute approximate surface area is 182 Å². The third-order valence-corrected chi connectivity index (χ3v) is 5.22. The van der Waals surface area contributed by atoms with Gasteiger partial charge in [-0.05, 0) is 68.1 Å². The molecule has 7 heteroatoms. The maximum absolute atomic E-state index is 12.7. The summed E-state index contributed by atoms with van der Waals surface area (Å²) in [5.74, 6) is 0.803. The lowest BCUT2D eigenvalue weighted by atomic mass is 9.96. The number of piperidine rings is 1. The van der Waals surface area contributed by atoms with Crippen LogP contribution in [0.25, 0.3) is 0 Å². The summed E-state index contributed by atoms with van der Waals surface area (Å²) in [7, 11) is 0. The van der Waals surface area contributed by atoms with Crippen LogP contribution in [0, 0.1) is 5.92 Å². The van der Waals surface area contributed by atoms with Gasteiger partial charge in [0.15, 0.2) is 0 Å². The molecule has 2 aromatic carbocycles. The molecule has 1 heterocycles. The van der Waals surface area contributed by atoms with Crippen LogP contribution in [0.15, 0.2) is 48.5 Å². The SMILES string of the molecule is CCOc1ccc(C(=O)N2CCC(CNC(=O)c3cccc(OC(C)=O)c3)CC2)cc1. The van der Waals surface area contributed by atoms with Gasteiger partial charge in [-0.25, -0.2) is 0 Å². The number of hydrogen-bond donors (Lipinski definition) is 1. The maximum atomic E-state index is 12.7. The van der Waals surface area contributed by atoms with Crippen molar-refractivity contribution in [2.24, 2.45) is 5.92 Å². The Bertz CT molecular complexity index is 918. The highest BCUT2D eigenvalue weighted by Crippen LogP contribution is 2.20. The fourth-order valence-corrected chi connectivity index (χ4v) is 3.59. The number of ether oxygens (including phenoxy) is 2. The molecule has 1 aliphatic heterocycles. The van der Waals surface area contributed by atoms with Crippen molar-refractivity contribution in [3.05, 3.63) is 59.7 Å². The predicted octanol–water partition coefficient (Wildman–Crippen LogP) is 3.29. The molecule has 0 atom stereocenters. The van der Waals surface area contributed by atoms with E-state index in [1.165, 1.54) is 6.92 Å². The Morgan fingerprint density at radius 1 is 1.00 bits per heavy atom. The average Bonchev–Trinajstić information content (AvgIpc) is 2.78. The van der Waals surface area contributed by atoms with Gasteiger partial charge in [0.1, 0.15) is 11.5 Å². The minimum Gasteiger partial charge on any atom is -0.494 e. The van der Waals surface area contributed by atoms with Crippen LogP contribution in [-0.2, 0) is 4.79 Å². The third-order valence-electron chi connectivity index (χ3n) is 5.22. The Kier molecular flexibility index (Phi) is 7.65. The molecule has 0 bridgehead atoms. The Balaban J connectivity index is 1.46. The van der Waals surface area contributed by atoms with E-state index in [1.54, 1.807) is 36.4 Å². The topological polar surface area (TPSA) is 84.9 Å². The van der Waals surface area contributed by atoms with Crippen LogP contribution in [-0.4, -0.2) is 48.9 Å². The van der Waals surface area contributed by atoms with E-state index < -0.39 is 5.97 Å². The van der Waals surface area contributed by atoms with Crippen molar-refractivity contribution in [2.75, 3.05) is 26.2 Å². The van der Waals surface area contributed by atoms with Crippen molar-refractivity contribution in [1.82, 2.24) is 10.2 Å². The molecule has 0 aromatic heterocycles. The second-order valence-corrected chi connectivity index (χ2v) is 7.52. The molecule has 1 saturated heterocycles.